The first-order valence-corrected chi connectivity index (χ1v) is 10.7. The van der Waals surface area contributed by atoms with Crippen molar-refractivity contribution in [2.45, 2.75) is 25.8 Å². The molecule has 2 aromatic rings. The smallest absolute Gasteiger partial charge is 0.224 e. The number of nitrogens with zero attached hydrogens (tertiary/aromatic N) is 2. The molecule has 0 saturated carbocycles. The lowest BCUT2D eigenvalue weighted by molar-refractivity contribution is -0.120. The van der Waals surface area contributed by atoms with Crippen molar-refractivity contribution in [2.75, 3.05) is 37.6 Å². The highest BCUT2D eigenvalue weighted by Crippen LogP contribution is 2.26. The average molecular weight is 575 g/mol. The summed E-state index contributed by atoms with van der Waals surface area (Å²) in [5.41, 5.74) is 0.738. The molecule has 3 N–H and O–H groups in total. The number of anilines is 1. The van der Waals surface area contributed by atoms with Crippen LogP contribution in [0.3, 0.4) is 0 Å². The van der Waals surface area contributed by atoms with Crippen LogP contribution in [0.5, 0.6) is 0 Å². The third-order valence-corrected chi connectivity index (χ3v) is 5.11. The van der Waals surface area contributed by atoms with Crippen LogP contribution in [0.25, 0.3) is 0 Å². The van der Waals surface area contributed by atoms with Gasteiger partial charge in [-0.25, -0.2) is 13.2 Å². The molecular weight excluding hydrogens is 546 g/mol. The van der Waals surface area contributed by atoms with E-state index in [2.05, 4.69) is 20.9 Å². The molecule has 0 bridgehead atoms. The fourth-order valence-electron chi connectivity index (χ4n) is 3.60. The number of halogens is 4. The Kier molecular flexibility index (Phi) is 10.8. The number of hydrogen-bond donors (Lipinski definition) is 3. The number of amides is 1. The zero-order valence-corrected chi connectivity index (χ0v) is 20.7. The highest BCUT2D eigenvalue weighted by atomic mass is 127. The first-order chi connectivity index (χ1) is 15.5. The highest BCUT2D eigenvalue weighted by Gasteiger charge is 2.27. The number of guanidine groups is 1. The van der Waals surface area contributed by atoms with Crippen molar-refractivity contribution in [1.82, 2.24) is 16.0 Å². The lowest BCUT2D eigenvalue weighted by atomic mass is 10.1. The molecule has 2 aromatic carbocycles. The Bertz CT molecular complexity index is 922. The van der Waals surface area contributed by atoms with Gasteiger partial charge in [0.1, 0.15) is 23.1 Å². The van der Waals surface area contributed by atoms with E-state index >= 15 is 0 Å². The molecule has 180 valence electrons. The van der Waals surface area contributed by atoms with Crippen LogP contribution in [-0.4, -0.2) is 50.6 Å². The van der Waals surface area contributed by atoms with E-state index in [1.54, 1.807) is 17.0 Å². The zero-order chi connectivity index (χ0) is 22.9. The van der Waals surface area contributed by atoms with E-state index in [0.29, 0.717) is 45.1 Å². The molecule has 1 heterocycles. The standard InChI is InChI=1S/C23H28F3N5O.HI/c1-2-27-23(29-12-11-28-21(32)14-16-6-8-17(24)9-7-16)30-18-10-13-31(15-18)22-19(25)4-3-5-20(22)26;/h3-9,18H,2,10-15H2,1H3,(H,28,32)(H2,27,29,30);1H. The quantitative estimate of drug-likeness (QED) is 0.196. The molecule has 0 aliphatic carbocycles. The SMILES string of the molecule is CCNC(=NCCNC(=O)Cc1ccc(F)cc1)NC1CCN(c2c(F)cccc2F)C1.I. The molecule has 3 rings (SSSR count). The molecule has 1 atom stereocenters. The second kappa shape index (κ2) is 13.3. The first-order valence-electron chi connectivity index (χ1n) is 10.7. The number of para-hydroxylation sites is 1. The number of hydrogen-bond acceptors (Lipinski definition) is 3. The molecule has 1 amide bonds. The van der Waals surface area contributed by atoms with E-state index in [4.69, 9.17) is 0 Å². The minimum absolute atomic E-state index is 0. The Hall–Kier alpha value is -2.50. The fourth-order valence-corrected chi connectivity index (χ4v) is 3.60. The van der Waals surface area contributed by atoms with Crippen molar-refractivity contribution in [2.24, 2.45) is 4.99 Å². The van der Waals surface area contributed by atoms with Gasteiger partial charge in [-0.05, 0) is 43.2 Å². The van der Waals surface area contributed by atoms with Gasteiger partial charge in [0, 0.05) is 32.2 Å². The summed E-state index contributed by atoms with van der Waals surface area (Å²) >= 11 is 0. The van der Waals surface area contributed by atoms with Crippen LogP contribution >= 0.6 is 24.0 Å². The van der Waals surface area contributed by atoms with Gasteiger partial charge in [-0.2, -0.15) is 0 Å². The molecule has 1 aliphatic heterocycles. The van der Waals surface area contributed by atoms with E-state index in [9.17, 15) is 18.0 Å². The summed E-state index contributed by atoms with van der Waals surface area (Å²) in [6.07, 6.45) is 0.888. The second-order valence-electron chi connectivity index (χ2n) is 7.56. The van der Waals surface area contributed by atoms with Gasteiger partial charge in [-0.15, -0.1) is 24.0 Å². The molecular formula is C23H29F3IN5O. The molecule has 1 unspecified atom stereocenters. The van der Waals surface area contributed by atoms with Crippen molar-refractivity contribution in [1.29, 1.82) is 0 Å². The summed E-state index contributed by atoms with van der Waals surface area (Å²) in [5, 5.41) is 9.23. The number of nitrogens with one attached hydrogen (secondary N) is 3. The largest absolute Gasteiger partial charge is 0.365 e. The Labute approximate surface area is 209 Å². The topological polar surface area (TPSA) is 68.8 Å². The van der Waals surface area contributed by atoms with Gasteiger partial charge < -0.3 is 20.9 Å². The molecule has 6 nitrogen and oxygen atoms in total. The van der Waals surface area contributed by atoms with E-state index in [1.807, 2.05) is 6.92 Å². The predicted molar refractivity (Wildman–Crippen MR) is 135 cm³/mol. The van der Waals surface area contributed by atoms with Crippen LogP contribution in [0.1, 0.15) is 18.9 Å². The number of aliphatic imine (C=N–C) groups is 1. The minimum atomic E-state index is -0.567. The molecule has 1 saturated heterocycles. The molecule has 0 aromatic heterocycles. The molecule has 1 aliphatic rings. The molecule has 10 heteroatoms. The van der Waals surface area contributed by atoms with Gasteiger partial charge in [-0.1, -0.05) is 18.2 Å². The summed E-state index contributed by atoms with van der Waals surface area (Å²) in [6.45, 7) is 4.31. The Balaban J connectivity index is 0.00000385. The van der Waals surface area contributed by atoms with E-state index < -0.39 is 11.6 Å². The van der Waals surface area contributed by atoms with E-state index in [-0.39, 0.29) is 53.9 Å². The first kappa shape index (κ1) is 26.7. The maximum absolute atomic E-state index is 14.0. The zero-order valence-electron chi connectivity index (χ0n) is 18.4. The van der Waals surface area contributed by atoms with Crippen LogP contribution in [0, 0.1) is 17.5 Å². The molecule has 0 spiro atoms. The van der Waals surface area contributed by atoms with Crippen LogP contribution in [0.2, 0.25) is 0 Å². The fraction of sp³-hybridized carbons (Fsp3) is 0.391. The summed E-state index contributed by atoms with van der Waals surface area (Å²) in [5.74, 6) is -1.05. The lowest BCUT2D eigenvalue weighted by Crippen LogP contribution is -2.45. The minimum Gasteiger partial charge on any atom is -0.365 e. The van der Waals surface area contributed by atoms with Gasteiger partial charge in [0.2, 0.25) is 5.91 Å². The third kappa shape index (κ3) is 8.09. The number of benzene rings is 2. The summed E-state index contributed by atoms with van der Waals surface area (Å²) < 4.78 is 41.0. The van der Waals surface area contributed by atoms with E-state index in [0.717, 1.165) is 5.56 Å². The van der Waals surface area contributed by atoms with Gasteiger partial charge in [0.15, 0.2) is 5.96 Å². The van der Waals surface area contributed by atoms with Gasteiger partial charge >= 0.3 is 0 Å². The molecule has 33 heavy (non-hydrogen) atoms. The van der Waals surface area contributed by atoms with Crippen molar-refractivity contribution >= 4 is 41.5 Å². The predicted octanol–water partition coefficient (Wildman–Crippen LogP) is 3.21. The maximum Gasteiger partial charge on any atom is 0.224 e. The lowest BCUT2D eigenvalue weighted by Gasteiger charge is -2.21. The Morgan fingerprint density at radius 1 is 1.09 bits per heavy atom. The van der Waals surface area contributed by atoms with Crippen LogP contribution < -0.4 is 20.9 Å². The van der Waals surface area contributed by atoms with Gasteiger partial charge in [-0.3, -0.25) is 9.79 Å². The second-order valence-corrected chi connectivity index (χ2v) is 7.56. The monoisotopic (exact) mass is 575 g/mol. The van der Waals surface area contributed by atoms with E-state index in [1.165, 1.54) is 30.3 Å². The molecule has 0 radical (unpaired) electrons. The van der Waals surface area contributed by atoms with Gasteiger partial charge in [0.25, 0.3) is 0 Å². The van der Waals surface area contributed by atoms with Crippen molar-refractivity contribution < 1.29 is 18.0 Å². The van der Waals surface area contributed by atoms with Crippen LogP contribution in [-0.2, 0) is 11.2 Å². The normalized spacial score (nSPS) is 15.7. The number of rotatable bonds is 8. The molecule has 1 fully saturated rings. The maximum atomic E-state index is 14.0. The van der Waals surface area contributed by atoms with Crippen LogP contribution in [0.15, 0.2) is 47.5 Å². The average Bonchev–Trinajstić information content (AvgIpc) is 3.21. The van der Waals surface area contributed by atoms with Gasteiger partial charge in [0.05, 0.1) is 13.0 Å². The summed E-state index contributed by atoms with van der Waals surface area (Å²) in [6, 6.07) is 9.67. The highest BCUT2D eigenvalue weighted by molar-refractivity contribution is 14.0. The Morgan fingerprint density at radius 3 is 2.45 bits per heavy atom. The van der Waals surface area contributed by atoms with Crippen molar-refractivity contribution in [3.8, 4) is 0 Å². The summed E-state index contributed by atoms with van der Waals surface area (Å²) in [4.78, 5) is 18.2. The third-order valence-electron chi connectivity index (χ3n) is 5.11. The Morgan fingerprint density at radius 2 is 1.79 bits per heavy atom. The summed E-state index contributed by atoms with van der Waals surface area (Å²) in [7, 11) is 0. The number of carbonyl (C=O) groups excluding carboxylic acids is 1. The van der Waals surface area contributed by atoms with Crippen molar-refractivity contribution in [3.63, 3.8) is 0 Å². The van der Waals surface area contributed by atoms with Crippen molar-refractivity contribution in [3.05, 3.63) is 65.5 Å². The number of carbonyl (C=O) groups is 1. The van der Waals surface area contributed by atoms with Crippen LogP contribution in [0.4, 0.5) is 18.9 Å².